The van der Waals surface area contributed by atoms with Crippen molar-refractivity contribution in [2.45, 2.75) is 61.9 Å². The van der Waals surface area contributed by atoms with Crippen LogP contribution in [0.25, 0.3) is 0 Å². The Morgan fingerprint density at radius 2 is 1.25 bits per heavy atom. The van der Waals surface area contributed by atoms with E-state index in [4.69, 9.17) is 9.47 Å². The van der Waals surface area contributed by atoms with Gasteiger partial charge in [-0.15, -0.1) is 0 Å². The summed E-state index contributed by atoms with van der Waals surface area (Å²) in [6, 6.07) is 0. The SMILES string of the molecule is CC(F)(F)COC(=O)C1C2CC(CC2SCCCSC2CC3CC2C(C(=O)OCC(F)F)C3C(=O)O)C1C(=O)O. The number of halogens is 4. The minimum Gasteiger partial charge on any atom is -0.481 e. The van der Waals surface area contributed by atoms with E-state index >= 15 is 0 Å². The van der Waals surface area contributed by atoms with Gasteiger partial charge in [-0.3, -0.25) is 19.2 Å². The van der Waals surface area contributed by atoms with Crippen LogP contribution < -0.4 is 0 Å². The lowest BCUT2D eigenvalue weighted by atomic mass is 9.79. The molecule has 0 aromatic heterocycles. The molecule has 0 aliphatic heterocycles. The van der Waals surface area contributed by atoms with Gasteiger partial charge in [0, 0.05) is 17.4 Å². The van der Waals surface area contributed by atoms with E-state index < -0.39 is 73.1 Å². The minimum absolute atomic E-state index is 0.0260. The highest BCUT2D eigenvalue weighted by molar-refractivity contribution is 8.00. The van der Waals surface area contributed by atoms with E-state index in [0.29, 0.717) is 32.6 Å². The van der Waals surface area contributed by atoms with Crippen LogP contribution in [0.4, 0.5) is 17.6 Å². The molecule has 4 aliphatic carbocycles. The van der Waals surface area contributed by atoms with Crippen molar-refractivity contribution in [3.05, 3.63) is 0 Å². The zero-order chi connectivity index (χ0) is 29.4. The van der Waals surface area contributed by atoms with Crippen molar-refractivity contribution in [3.8, 4) is 0 Å². The third kappa shape index (κ3) is 6.84. The second-order valence-corrected chi connectivity index (χ2v) is 14.1. The molecule has 4 fully saturated rings. The molecule has 0 radical (unpaired) electrons. The van der Waals surface area contributed by atoms with E-state index in [2.05, 4.69) is 0 Å². The largest absolute Gasteiger partial charge is 0.481 e. The zero-order valence-electron chi connectivity index (χ0n) is 21.9. The number of fused-ring (bicyclic) bond motifs is 4. The number of hydrogen-bond donors (Lipinski definition) is 2. The van der Waals surface area contributed by atoms with Crippen LogP contribution in [0.2, 0.25) is 0 Å². The Morgan fingerprint density at radius 3 is 1.65 bits per heavy atom. The lowest BCUT2D eigenvalue weighted by molar-refractivity contribution is -0.167. The average Bonchev–Trinajstić information content (AvgIpc) is 3.63. The molecular formula is C26H34F4O8S2. The summed E-state index contributed by atoms with van der Waals surface area (Å²) in [4.78, 5) is 48.7. The Morgan fingerprint density at radius 1 is 0.800 bits per heavy atom. The van der Waals surface area contributed by atoms with E-state index in [0.717, 1.165) is 17.9 Å². The number of carbonyl (C=O) groups is 4. The molecule has 0 aromatic carbocycles. The number of carboxylic acid groups (broad SMARTS) is 2. The second kappa shape index (κ2) is 12.7. The molecule has 10 unspecified atom stereocenters. The number of carboxylic acids is 2. The monoisotopic (exact) mass is 614 g/mol. The fourth-order valence-corrected chi connectivity index (χ4v) is 10.6. The van der Waals surface area contributed by atoms with Crippen LogP contribution in [0.15, 0.2) is 0 Å². The molecule has 14 heteroatoms. The number of esters is 2. The number of thioether (sulfide) groups is 2. The average molecular weight is 615 g/mol. The first kappa shape index (κ1) is 31.2. The van der Waals surface area contributed by atoms with Crippen molar-refractivity contribution in [3.63, 3.8) is 0 Å². The molecular weight excluding hydrogens is 580 g/mol. The summed E-state index contributed by atoms with van der Waals surface area (Å²) < 4.78 is 60.9. The van der Waals surface area contributed by atoms with E-state index in [1.165, 1.54) is 0 Å². The Balaban J connectivity index is 1.25. The third-order valence-electron chi connectivity index (χ3n) is 8.77. The van der Waals surface area contributed by atoms with Crippen LogP contribution in [-0.4, -0.2) is 81.7 Å². The maximum absolute atomic E-state index is 13.2. The van der Waals surface area contributed by atoms with E-state index in [-0.39, 0.29) is 34.2 Å². The van der Waals surface area contributed by atoms with Gasteiger partial charge in [0.2, 0.25) is 0 Å². The normalized spacial score (nSPS) is 36.2. The quantitative estimate of drug-likeness (QED) is 0.166. The smallest absolute Gasteiger partial charge is 0.310 e. The lowest BCUT2D eigenvalue weighted by Gasteiger charge is -2.32. The van der Waals surface area contributed by atoms with Crippen LogP contribution in [0.1, 0.15) is 39.0 Å². The molecule has 4 bridgehead atoms. The predicted octanol–water partition coefficient (Wildman–Crippen LogP) is 4.30. The summed E-state index contributed by atoms with van der Waals surface area (Å²) in [6.07, 6.45) is 0.333. The molecule has 0 amide bonds. The Hall–Kier alpha value is -1.70. The first-order valence-electron chi connectivity index (χ1n) is 13.5. The van der Waals surface area contributed by atoms with Crippen LogP contribution in [-0.2, 0) is 28.7 Å². The maximum atomic E-state index is 13.2. The Labute approximate surface area is 237 Å². The molecule has 0 aromatic rings. The van der Waals surface area contributed by atoms with Gasteiger partial charge in [-0.05, 0) is 67.3 Å². The third-order valence-corrected chi connectivity index (χ3v) is 11.8. The van der Waals surface area contributed by atoms with Gasteiger partial charge in [0.1, 0.15) is 0 Å². The molecule has 0 spiro atoms. The Kier molecular flexibility index (Phi) is 9.89. The molecule has 10 atom stereocenters. The number of rotatable bonds is 14. The number of alkyl halides is 4. The van der Waals surface area contributed by atoms with Gasteiger partial charge < -0.3 is 19.7 Å². The number of hydrogen-bond acceptors (Lipinski definition) is 8. The molecule has 4 rings (SSSR count). The van der Waals surface area contributed by atoms with E-state index in [1.54, 1.807) is 23.5 Å². The van der Waals surface area contributed by atoms with Gasteiger partial charge in [-0.1, -0.05) is 0 Å². The summed E-state index contributed by atoms with van der Waals surface area (Å²) in [6.45, 7) is -1.50. The summed E-state index contributed by atoms with van der Waals surface area (Å²) in [5.41, 5.74) is 0. The summed E-state index contributed by atoms with van der Waals surface area (Å²) in [7, 11) is 0. The van der Waals surface area contributed by atoms with E-state index in [1.807, 2.05) is 0 Å². The van der Waals surface area contributed by atoms with Crippen LogP contribution in [0.3, 0.4) is 0 Å². The topological polar surface area (TPSA) is 127 Å². The fourth-order valence-electron chi connectivity index (χ4n) is 7.40. The van der Waals surface area contributed by atoms with Crippen LogP contribution in [0, 0.1) is 47.3 Å². The summed E-state index contributed by atoms with van der Waals surface area (Å²) in [5, 5.41) is 19.3. The first-order chi connectivity index (χ1) is 18.8. The van der Waals surface area contributed by atoms with Crippen LogP contribution >= 0.6 is 23.5 Å². The molecule has 0 saturated heterocycles. The molecule has 4 aliphatic rings. The van der Waals surface area contributed by atoms with E-state index in [9.17, 15) is 47.0 Å². The highest BCUT2D eigenvalue weighted by atomic mass is 32.2. The standard InChI is InChI=1S/C26H34F4O8S2/c1-26(29,30)10-38-25(36)21-14-6-12(19(21)23(33)34)8-16(14)40-4-2-3-39-15-7-11-5-13(15)20(18(11)22(31)32)24(35)37-9-17(27)28/h11-21H,2-10H2,1H3,(H,31,32)(H,33,34). The predicted molar refractivity (Wildman–Crippen MR) is 137 cm³/mol. The van der Waals surface area contributed by atoms with Crippen molar-refractivity contribution in [2.24, 2.45) is 47.3 Å². The Bertz CT molecular complexity index is 979. The van der Waals surface area contributed by atoms with Gasteiger partial charge in [0.25, 0.3) is 12.3 Å². The van der Waals surface area contributed by atoms with Gasteiger partial charge >= 0.3 is 23.9 Å². The molecule has 226 valence electrons. The second-order valence-electron chi connectivity index (χ2n) is 11.4. The highest BCUT2D eigenvalue weighted by Gasteiger charge is 2.60. The number of aliphatic carboxylic acids is 2. The summed E-state index contributed by atoms with van der Waals surface area (Å²) in [5.74, 6) is -10.3. The van der Waals surface area contributed by atoms with Crippen molar-refractivity contribution in [2.75, 3.05) is 24.7 Å². The number of ether oxygens (including phenoxy) is 2. The van der Waals surface area contributed by atoms with Gasteiger partial charge in [-0.25, -0.2) is 17.6 Å². The fraction of sp³-hybridized carbons (Fsp3) is 0.846. The van der Waals surface area contributed by atoms with Crippen molar-refractivity contribution in [1.82, 2.24) is 0 Å². The molecule has 0 heterocycles. The number of carbonyl (C=O) groups excluding carboxylic acids is 2. The van der Waals surface area contributed by atoms with Crippen molar-refractivity contribution < 1.29 is 56.4 Å². The highest BCUT2D eigenvalue weighted by Crippen LogP contribution is 2.58. The van der Waals surface area contributed by atoms with Crippen molar-refractivity contribution in [1.29, 1.82) is 0 Å². The first-order valence-corrected chi connectivity index (χ1v) is 15.6. The van der Waals surface area contributed by atoms with Gasteiger partial charge in [0.05, 0.1) is 23.7 Å². The van der Waals surface area contributed by atoms with Gasteiger partial charge in [-0.2, -0.15) is 23.5 Å². The van der Waals surface area contributed by atoms with Gasteiger partial charge in [0.15, 0.2) is 13.2 Å². The molecule has 40 heavy (non-hydrogen) atoms. The molecule has 8 nitrogen and oxygen atoms in total. The minimum atomic E-state index is -3.20. The zero-order valence-corrected chi connectivity index (χ0v) is 23.5. The molecule has 2 N–H and O–H groups in total. The van der Waals surface area contributed by atoms with Crippen LogP contribution in [0.5, 0.6) is 0 Å². The molecule has 4 saturated carbocycles. The lowest BCUT2D eigenvalue weighted by Crippen LogP contribution is -2.41. The maximum Gasteiger partial charge on any atom is 0.310 e. The summed E-state index contributed by atoms with van der Waals surface area (Å²) >= 11 is 3.28. The van der Waals surface area contributed by atoms with Crippen molar-refractivity contribution >= 4 is 47.4 Å².